The molecule has 2 fully saturated rings. The summed E-state index contributed by atoms with van der Waals surface area (Å²) < 4.78 is 5.38. The molecule has 1 N–H and O–H groups in total. The van der Waals surface area contributed by atoms with Gasteiger partial charge in [-0.2, -0.15) is 4.98 Å². The lowest BCUT2D eigenvalue weighted by Gasteiger charge is -2.32. The van der Waals surface area contributed by atoms with Crippen LogP contribution < -0.4 is 5.32 Å². The Morgan fingerprint density at radius 3 is 2.69 bits per heavy atom. The third-order valence-corrected chi connectivity index (χ3v) is 6.04. The Morgan fingerprint density at radius 2 is 1.97 bits per heavy atom. The Kier molecular flexibility index (Phi) is 6.25. The molecule has 1 aromatic heterocycles. The van der Waals surface area contributed by atoms with E-state index in [0.29, 0.717) is 36.5 Å². The second-order valence-corrected chi connectivity index (χ2v) is 8.36. The first-order valence-corrected chi connectivity index (χ1v) is 10.8. The van der Waals surface area contributed by atoms with Crippen LogP contribution in [0.2, 0.25) is 0 Å². The first kappa shape index (κ1) is 20.0. The molecule has 156 valence electrons. The van der Waals surface area contributed by atoms with Gasteiger partial charge in [-0.1, -0.05) is 43.3 Å². The molecule has 7 nitrogen and oxygen atoms in total. The quantitative estimate of drug-likeness (QED) is 0.806. The van der Waals surface area contributed by atoms with Crippen LogP contribution in [-0.4, -0.2) is 71.2 Å². The average Bonchev–Trinajstić information content (AvgIpc) is 3.43. The summed E-state index contributed by atoms with van der Waals surface area (Å²) in [7, 11) is 0. The Bertz CT molecular complexity index is 811. The lowest BCUT2D eigenvalue weighted by Crippen LogP contribution is -2.49. The molecule has 1 amide bonds. The van der Waals surface area contributed by atoms with Gasteiger partial charge in [0.25, 0.3) is 0 Å². The van der Waals surface area contributed by atoms with Crippen LogP contribution in [0.15, 0.2) is 28.8 Å². The maximum atomic E-state index is 12.6. The maximum absolute atomic E-state index is 12.6. The minimum absolute atomic E-state index is 0.184. The molecule has 7 heteroatoms. The molecule has 0 saturated carbocycles. The highest BCUT2D eigenvalue weighted by Gasteiger charge is 2.30. The van der Waals surface area contributed by atoms with Crippen molar-refractivity contribution in [2.75, 3.05) is 39.3 Å². The number of benzene rings is 1. The Hall–Kier alpha value is -2.25. The van der Waals surface area contributed by atoms with E-state index >= 15 is 0 Å². The summed E-state index contributed by atoms with van der Waals surface area (Å²) >= 11 is 0. The number of rotatable bonds is 6. The largest absolute Gasteiger partial charge is 0.341 e. The van der Waals surface area contributed by atoms with E-state index in [1.807, 2.05) is 17.0 Å². The summed E-state index contributed by atoms with van der Waals surface area (Å²) in [6, 6.07) is 8.75. The van der Waals surface area contributed by atoms with Crippen LogP contribution in [0, 0.1) is 0 Å². The highest BCUT2D eigenvalue weighted by molar-refractivity contribution is 5.76. The Labute approximate surface area is 172 Å². The normalized spacial score (nSPS) is 20.5. The molecule has 29 heavy (non-hydrogen) atoms. The van der Waals surface area contributed by atoms with Crippen LogP contribution in [0.3, 0.4) is 0 Å². The second kappa shape index (κ2) is 9.05. The standard InChI is InChI=1S/C22H31N5O2/c1-16(2)17-3-5-18(6-4-17)22-24-20(29-25-22)7-8-21(28)27-12-9-19(15-27)26-13-10-23-11-14-26/h3-6,16,19,23H,7-15H2,1-2H3. The predicted octanol–water partition coefficient (Wildman–Crippen LogP) is 2.30. The number of aromatic nitrogens is 2. The fourth-order valence-corrected chi connectivity index (χ4v) is 4.18. The van der Waals surface area contributed by atoms with Crippen molar-refractivity contribution in [2.45, 2.75) is 45.1 Å². The summed E-state index contributed by atoms with van der Waals surface area (Å²) in [6.07, 6.45) is 1.98. The first-order valence-electron chi connectivity index (χ1n) is 10.8. The van der Waals surface area contributed by atoms with Crippen molar-refractivity contribution in [1.82, 2.24) is 25.3 Å². The molecule has 0 radical (unpaired) electrons. The molecule has 0 bridgehead atoms. The number of hydrogen-bond donors (Lipinski definition) is 1. The molecule has 4 rings (SSSR count). The minimum Gasteiger partial charge on any atom is -0.341 e. The minimum atomic E-state index is 0.184. The fraction of sp³-hybridized carbons (Fsp3) is 0.591. The number of nitrogens with zero attached hydrogens (tertiary/aromatic N) is 4. The lowest BCUT2D eigenvalue weighted by atomic mass is 10.0. The highest BCUT2D eigenvalue weighted by Crippen LogP contribution is 2.21. The molecular weight excluding hydrogens is 366 g/mol. The van der Waals surface area contributed by atoms with E-state index in [1.165, 1.54) is 5.56 Å². The van der Waals surface area contributed by atoms with E-state index in [9.17, 15) is 4.79 Å². The smallest absolute Gasteiger partial charge is 0.227 e. The van der Waals surface area contributed by atoms with Gasteiger partial charge in [-0.3, -0.25) is 9.69 Å². The first-order chi connectivity index (χ1) is 14.1. The number of piperazine rings is 1. The topological polar surface area (TPSA) is 74.5 Å². The number of nitrogens with one attached hydrogen (secondary N) is 1. The molecule has 2 aliphatic rings. The highest BCUT2D eigenvalue weighted by atomic mass is 16.5. The zero-order chi connectivity index (χ0) is 20.2. The second-order valence-electron chi connectivity index (χ2n) is 8.36. The van der Waals surface area contributed by atoms with Gasteiger partial charge in [0, 0.05) is 63.7 Å². The molecule has 0 spiro atoms. The zero-order valence-corrected chi connectivity index (χ0v) is 17.4. The van der Waals surface area contributed by atoms with Gasteiger partial charge in [0.2, 0.25) is 17.6 Å². The van der Waals surface area contributed by atoms with Gasteiger partial charge in [0.05, 0.1) is 0 Å². The van der Waals surface area contributed by atoms with E-state index in [-0.39, 0.29) is 5.91 Å². The Morgan fingerprint density at radius 1 is 1.21 bits per heavy atom. The van der Waals surface area contributed by atoms with Gasteiger partial charge >= 0.3 is 0 Å². The van der Waals surface area contributed by atoms with E-state index < -0.39 is 0 Å². The van der Waals surface area contributed by atoms with Gasteiger partial charge in [-0.25, -0.2) is 0 Å². The number of amides is 1. The summed E-state index contributed by atoms with van der Waals surface area (Å²) in [6.45, 7) is 10.3. The molecule has 2 aliphatic heterocycles. The molecule has 2 aromatic rings. The van der Waals surface area contributed by atoms with Crippen molar-refractivity contribution in [2.24, 2.45) is 0 Å². The average molecular weight is 398 g/mol. The summed E-state index contributed by atoms with van der Waals surface area (Å²) in [5.74, 6) is 1.79. The van der Waals surface area contributed by atoms with Crippen molar-refractivity contribution in [3.05, 3.63) is 35.7 Å². The van der Waals surface area contributed by atoms with Crippen LogP contribution in [-0.2, 0) is 11.2 Å². The molecule has 1 aromatic carbocycles. The van der Waals surface area contributed by atoms with Gasteiger partial charge in [0.15, 0.2) is 0 Å². The van der Waals surface area contributed by atoms with Crippen molar-refractivity contribution in [1.29, 1.82) is 0 Å². The van der Waals surface area contributed by atoms with Gasteiger partial charge < -0.3 is 14.7 Å². The van der Waals surface area contributed by atoms with Gasteiger partial charge in [-0.15, -0.1) is 0 Å². The van der Waals surface area contributed by atoms with E-state index in [4.69, 9.17) is 4.52 Å². The van der Waals surface area contributed by atoms with Crippen LogP contribution in [0.1, 0.15) is 44.1 Å². The fourth-order valence-electron chi connectivity index (χ4n) is 4.18. The summed E-state index contributed by atoms with van der Waals surface area (Å²) in [4.78, 5) is 21.6. The SMILES string of the molecule is CC(C)c1ccc(-c2noc(CCC(=O)N3CCC(N4CCNCC4)C3)n2)cc1. The molecule has 0 aliphatic carbocycles. The van der Waals surface area contributed by atoms with Gasteiger partial charge in [-0.05, 0) is 17.9 Å². The summed E-state index contributed by atoms with van der Waals surface area (Å²) in [5, 5.41) is 7.47. The van der Waals surface area contributed by atoms with Crippen molar-refractivity contribution in [3.63, 3.8) is 0 Å². The third-order valence-electron chi connectivity index (χ3n) is 6.04. The number of carbonyl (C=O) groups excluding carboxylic acids is 1. The zero-order valence-electron chi connectivity index (χ0n) is 17.4. The van der Waals surface area contributed by atoms with E-state index in [0.717, 1.165) is 51.3 Å². The van der Waals surface area contributed by atoms with Crippen molar-refractivity contribution >= 4 is 5.91 Å². The van der Waals surface area contributed by atoms with Crippen LogP contribution in [0.5, 0.6) is 0 Å². The summed E-state index contributed by atoms with van der Waals surface area (Å²) in [5.41, 5.74) is 2.22. The van der Waals surface area contributed by atoms with Crippen LogP contribution in [0.4, 0.5) is 0 Å². The molecule has 1 unspecified atom stereocenters. The third kappa shape index (κ3) is 4.85. The predicted molar refractivity (Wildman–Crippen MR) is 112 cm³/mol. The van der Waals surface area contributed by atoms with Gasteiger partial charge in [0.1, 0.15) is 0 Å². The maximum Gasteiger partial charge on any atom is 0.227 e. The lowest BCUT2D eigenvalue weighted by molar-refractivity contribution is -0.130. The number of aryl methyl sites for hydroxylation is 1. The van der Waals surface area contributed by atoms with Crippen molar-refractivity contribution in [3.8, 4) is 11.4 Å². The molecule has 1 atom stereocenters. The van der Waals surface area contributed by atoms with E-state index in [1.54, 1.807) is 0 Å². The van der Waals surface area contributed by atoms with E-state index in [2.05, 4.69) is 46.3 Å². The number of carbonyl (C=O) groups is 1. The molecular formula is C22H31N5O2. The number of likely N-dealkylation sites (tertiary alicyclic amines) is 1. The van der Waals surface area contributed by atoms with Crippen LogP contribution >= 0.6 is 0 Å². The van der Waals surface area contributed by atoms with Crippen LogP contribution in [0.25, 0.3) is 11.4 Å². The molecule has 3 heterocycles. The molecule has 2 saturated heterocycles. The Balaban J connectivity index is 1.28. The monoisotopic (exact) mass is 397 g/mol. The van der Waals surface area contributed by atoms with Crippen molar-refractivity contribution < 1.29 is 9.32 Å². The number of hydrogen-bond acceptors (Lipinski definition) is 6.